The molecule has 0 aliphatic rings. The molecule has 0 fully saturated rings. The summed E-state index contributed by atoms with van der Waals surface area (Å²) in [5.41, 5.74) is 1.12. The van der Waals surface area contributed by atoms with Gasteiger partial charge in [0.25, 0.3) is 0 Å². The number of anilines is 1. The Morgan fingerprint density at radius 2 is 2.15 bits per heavy atom. The molecule has 1 aromatic heterocycles. The summed E-state index contributed by atoms with van der Waals surface area (Å²) >= 11 is 0. The first-order valence-corrected chi connectivity index (χ1v) is 6.42. The minimum atomic E-state index is -0.106. The topological polar surface area (TPSA) is 75.9 Å². The Hall–Kier alpha value is -2.44. The first kappa shape index (κ1) is 14.0. The molecule has 0 aliphatic carbocycles. The van der Waals surface area contributed by atoms with Crippen LogP contribution >= 0.6 is 0 Å². The Balaban J connectivity index is 1.80. The van der Waals surface area contributed by atoms with Crippen LogP contribution in [0.5, 0.6) is 0 Å². The van der Waals surface area contributed by atoms with E-state index >= 15 is 0 Å². The van der Waals surface area contributed by atoms with E-state index in [1.165, 1.54) is 11.0 Å². The SMILES string of the molecule is CC(CNC(=O)Cn1cnnn1)N(C)c1ccccc1. The summed E-state index contributed by atoms with van der Waals surface area (Å²) in [4.78, 5) is 13.9. The smallest absolute Gasteiger partial charge is 0.241 e. The minimum Gasteiger partial charge on any atom is -0.370 e. The number of amides is 1. The van der Waals surface area contributed by atoms with E-state index < -0.39 is 0 Å². The molecular formula is C13H18N6O. The highest BCUT2D eigenvalue weighted by atomic mass is 16.2. The van der Waals surface area contributed by atoms with Gasteiger partial charge in [-0.2, -0.15) is 0 Å². The number of aromatic nitrogens is 4. The number of carbonyl (C=O) groups is 1. The molecule has 1 heterocycles. The average molecular weight is 274 g/mol. The van der Waals surface area contributed by atoms with E-state index in [2.05, 4.69) is 32.7 Å². The van der Waals surface area contributed by atoms with Crippen LogP contribution in [0.25, 0.3) is 0 Å². The molecule has 7 heteroatoms. The van der Waals surface area contributed by atoms with Gasteiger partial charge in [0, 0.05) is 25.3 Å². The van der Waals surface area contributed by atoms with E-state index in [1.807, 2.05) is 37.4 Å². The summed E-state index contributed by atoms with van der Waals surface area (Å²) in [6.45, 7) is 2.76. The third-order valence-corrected chi connectivity index (χ3v) is 3.12. The highest BCUT2D eigenvalue weighted by Crippen LogP contribution is 2.13. The lowest BCUT2D eigenvalue weighted by atomic mass is 10.2. The summed E-state index contributed by atoms with van der Waals surface area (Å²) in [6.07, 6.45) is 1.42. The normalized spacial score (nSPS) is 11.9. The fourth-order valence-electron chi connectivity index (χ4n) is 1.77. The molecule has 7 nitrogen and oxygen atoms in total. The summed E-state index contributed by atoms with van der Waals surface area (Å²) in [5, 5.41) is 13.5. The lowest BCUT2D eigenvalue weighted by molar-refractivity contribution is -0.121. The highest BCUT2D eigenvalue weighted by Gasteiger charge is 2.11. The number of carbonyl (C=O) groups excluding carboxylic acids is 1. The number of tetrazole rings is 1. The molecule has 0 spiro atoms. The van der Waals surface area contributed by atoms with E-state index in [0.29, 0.717) is 6.54 Å². The molecule has 0 saturated heterocycles. The van der Waals surface area contributed by atoms with Crippen LogP contribution in [0.3, 0.4) is 0 Å². The van der Waals surface area contributed by atoms with Crippen LogP contribution in [-0.2, 0) is 11.3 Å². The van der Waals surface area contributed by atoms with Gasteiger partial charge in [-0.15, -0.1) is 5.10 Å². The van der Waals surface area contributed by atoms with Gasteiger partial charge in [-0.1, -0.05) is 18.2 Å². The second-order valence-electron chi connectivity index (χ2n) is 4.61. The Bertz CT molecular complexity index is 527. The van der Waals surface area contributed by atoms with Crippen LogP contribution in [0.1, 0.15) is 6.92 Å². The molecule has 2 aromatic rings. The maximum atomic E-state index is 11.7. The third kappa shape index (κ3) is 3.78. The molecule has 1 aromatic carbocycles. The number of benzene rings is 1. The zero-order valence-corrected chi connectivity index (χ0v) is 11.6. The van der Waals surface area contributed by atoms with Gasteiger partial charge in [-0.3, -0.25) is 4.79 Å². The third-order valence-electron chi connectivity index (χ3n) is 3.12. The molecular weight excluding hydrogens is 256 g/mol. The van der Waals surface area contributed by atoms with E-state index in [1.54, 1.807) is 0 Å². The summed E-state index contributed by atoms with van der Waals surface area (Å²) < 4.78 is 1.39. The first-order chi connectivity index (χ1) is 9.66. The Labute approximate surface area is 117 Å². The van der Waals surface area contributed by atoms with Crippen molar-refractivity contribution < 1.29 is 4.79 Å². The van der Waals surface area contributed by atoms with Gasteiger partial charge < -0.3 is 10.2 Å². The molecule has 0 radical (unpaired) electrons. The van der Waals surface area contributed by atoms with Gasteiger partial charge in [0.15, 0.2) is 0 Å². The van der Waals surface area contributed by atoms with Crippen molar-refractivity contribution >= 4 is 11.6 Å². The number of para-hydroxylation sites is 1. The van der Waals surface area contributed by atoms with Gasteiger partial charge in [-0.05, 0) is 29.5 Å². The molecule has 0 aliphatic heterocycles. The fourth-order valence-corrected chi connectivity index (χ4v) is 1.77. The van der Waals surface area contributed by atoms with Crippen molar-refractivity contribution in [3.8, 4) is 0 Å². The van der Waals surface area contributed by atoms with Crippen molar-refractivity contribution in [2.75, 3.05) is 18.5 Å². The number of nitrogens with zero attached hydrogens (tertiary/aromatic N) is 5. The van der Waals surface area contributed by atoms with Crippen LogP contribution in [0.2, 0.25) is 0 Å². The molecule has 1 atom stereocenters. The van der Waals surface area contributed by atoms with Gasteiger partial charge >= 0.3 is 0 Å². The average Bonchev–Trinajstić information content (AvgIpc) is 2.97. The van der Waals surface area contributed by atoms with E-state index in [0.717, 1.165) is 5.69 Å². The number of hydrogen-bond acceptors (Lipinski definition) is 5. The Morgan fingerprint density at radius 1 is 1.40 bits per heavy atom. The lowest BCUT2D eigenvalue weighted by Gasteiger charge is -2.27. The highest BCUT2D eigenvalue weighted by molar-refractivity contribution is 5.75. The number of rotatable bonds is 6. The second kappa shape index (κ2) is 6.65. The van der Waals surface area contributed by atoms with Gasteiger partial charge in [0.1, 0.15) is 12.9 Å². The van der Waals surface area contributed by atoms with Crippen LogP contribution in [0.4, 0.5) is 5.69 Å². The summed E-state index contributed by atoms with van der Waals surface area (Å²) in [6, 6.07) is 10.2. The van der Waals surface area contributed by atoms with Crippen molar-refractivity contribution in [2.45, 2.75) is 19.5 Å². The largest absolute Gasteiger partial charge is 0.370 e. The number of hydrogen-bond donors (Lipinski definition) is 1. The zero-order chi connectivity index (χ0) is 14.4. The quantitative estimate of drug-likeness (QED) is 0.820. The van der Waals surface area contributed by atoms with Gasteiger partial charge in [0.05, 0.1) is 0 Å². The van der Waals surface area contributed by atoms with Crippen LogP contribution in [0.15, 0.2) is 36.7 Å². The standard InChI is InChI=1S/C13H18N6O/c1-11(18(2)12-6-4-3-5-7-12)8-14-13(20)9-19-10-15-16-17-19/h3-7,10-11H,8-9H2,1-2H3,(H,14,20). The van der Waals surface area contributed by atoms with E-state index in [-0.39, 0.29) is 18.5 Å². The molecule has 0 bridgehead atoms. The molecule has 1 unspecified atom stereocenters. The molecule has 1 amide bonds. The summed E-state index contributed by atoms with van der Waals surface area (Å²) in [5.74, 6) is -0.106. The zero-order valence-electron chi connectivity index (χ0n) is 11.6. The fraction of sp³-hybridized carbons (Fsp3) is 0.385. The Kier molecular flexibility index (Phi) is 4.65. The van der Waals surface area contributed by atoms with E-state index in [4.69, 9.17) is 0 Å². The van der Waals surface area contributed by atoms with Gasteiger partial charge in [0.2, 0.25) is 5.91 Å². The molecule has 0 saturated carbocycles. The Morgan fingerprint density at radius 3 is 2.80 bits per heavy atom. The number of nitrogens with one attached hydrogen (secondary N) is 1. The predicted octanol–water partition coefficient (Wildman–Crippen LogP) is 0.314. The molecule has 20 heavy (non-hydrogen) atoms. The van der Waals surface area contributed by atoms with Gasteiger partial charge in [-0.25, -0.2) is 4.68 Å². The molecule has 106 valence electrons. The maximum absolute atomic E-state index is 11.7. The second-order valence-corrected chi connectivity index (χ2v) is 4.61. The van der Waals surface area contributed by atoms with Crippen LogP contribution in [-0.4, -0.2) is 45.7 Å². The number of likely N-dealkylation sites (N-methyl/N-ethyl adjacent to an activating group) is 1. The minimum absolute atomic E-state index is 0.106. The van der Waals surface area contributed by atoms with Crippen molar-refractivity contribution in [1.82, 2.24) is 25.5 Å². The predicted molar refractivity (Wildman–Crippen MR) is 75.1 cm³/mol. The van der Waals surface area contributed by atoms with Crippen molar-refractivity contribution in [1.29, 1.82) is 0 Å². The lowest BCUT2D eigenvalue weighted by Crippen LogP contribution is -2.41. The maximum Gasteiger partial charge on any atom is 0.241 e. The van der Waals surface area contributed by atoms with Crippen molar-refractivity contribution in [2.24, 2.45) is 0 Å². The van der Waals surface area contributed by atoms with Crippen molar-refractivity contribution in [3.63, 3.8) is 0 Å². The van der Waals surface area contributed by atoms with Crippen LogP contribution in [0, 0.1) is 0 Å². The monoisotopic (exact) mass is 274 g/mol. The molecule has 1 N–H and O–H groups in total. The van der Waals surface area contributed by atoms with Crippen LogP contribution < -0.4 is 10.2 Å². The van der Waals surface area contributed by atoms with E-state index in [9.17, 15) is 4.79 Å². The van der Waals surface area contributed by atoms with Crippen molar-refractivity contribution in [3.05, 3.63) is 36.7 Å². The summed E-state index contributed by atoms with van der Waals surface area (Å²) in [7, 11) is 2.01. The molecule has 2 rings (SSSR count). The first-order valence-electron chi connectivity index (χ1n) is 6.42.